The number of hydrogen-bond acceptors (Lipinski definition) is 1. The number of carbonyl (C=O) groups is 1. The van der Waals surface area contributed by atoms with Gasteiger partial charge < -0.3 is 10.6 Å². The highest BCUT2D eigenvalue weighted by Crippen LogP contribution is 2.32. The van der Waals surface area contributed by atoms with Gasteiger partial charge in [-0.25, -0.2) is 4.79 Å². The van der Waals surface area contributed by atoms with Gasteiger partial charge in [-0.1, -0.05) is 6.92 Å². The molecule has 0 bridgehead atoms. The van der Waals surface area contributed by atoms with Crippen molar-refractivity contribution < 1.29 is 4.79 Å². The summed E-state index contributed by atoms with van der Waals surface area (Å²) in [6.45, 7) is 3.12. The molecule has 0 atom stereocenters. The van der Waals surface area contributed by atoms with E-state index in [1.54, 1.807) is 0 Å². The molecule has 1 spiro atoms. The third-order valence-corrected chi connectivity index (χ3v) is 3.20. The standard InChI is InChI=1S/C9H16N2O/c1-7-2-4-9(5-3-7)6-10-8(12)11-9/h7H,2-6H2,1H3,(H2,10,11,12). The molecule has 0 aromatic heterocycles. The first-order valence-corrected chi connectivity index (χ1v) is 4.76. The van der Waals surface area contributed by atoms with Gasteiger partial charge in [-0.3, -0.25) is 0 Å². The van der Waals surface area contributed by atoms with Crippen LogP contribution in [-0.4, -0.2) is 18.1 Å². The second kappa shape index (κ2) is 2.64. The van der Waals surface area contributed by atoms with E-state index in [9.17, 15) is 4.79 Å². The summed E-state index contributed by atoms with van der Waals surface area (Å²) in [5.41, 5.74) is 0.115. The van der Waals surface area contributed by atoms with E-state index in [4.69, 9.17) is 0 Å². The van der Waals surface area contributed by atoms with Gasteiger partial charge in [-0.2, -0.15) is 0 Å². The fraction of sp³-hybridized carbons (Fsp3) is 0.889. The Morgan fingerprint density at radius 3 is 2.58 bits per heavy atom. The molecule has 12 heavy (non-hydrogen) atoms. The van der Waals surface area contributed by atoms with Gasteiger partial charge in [0.2, 0.25) is 0 Å². The first kappa shape index (κ1) is 7.90. The van der Waals surface area contributed by atoms with Gasteiger partial charge in [0.15, 0.2) is 0 Å². The molecule has 2 amide bonds. The van der Waals surface area contributed by atoms with Gasteiger partial charge in [-0.05, 0) is 31.6 Å². The van der Waals surface area contributed by atoms with E-state index in [2.05, 4.69) is 17.6 Å². The van der Waals surface area contributed by atoms with Gasteiger partial charge in [0.25, 0.3) is 0 Å². The van der Waals surface area contributed by atoms with Crippen LogP contribution in [0.25, 0.3) is 0 Å². The Morgan fingerprint density at radius 2 is 2.08 bits per heavy atom. The van der Waals surface area contributed by atoms with Crippen LogP contribution < -0.4 is 10.6 Å². The number of hydrogen-bond donors (Lipinski definition) is 2. The van der Waals surface area contributed by atoms with Crippen molar-refractivity contribution in [2.75, 3.05) is 6.54 Å². The molecule has 0 aromatic rings. The van der Waals surface area contributed by atoms with Gasteiger partial charge >= 0.3 is 6.03 Å². The quantitative estimate of drug-likeness (QED) is 0.561. The Bertz CT molecular complexity index is 195. The highest BCUT2D eigenvalue weighted by Gasteiger charge is 2.39. The monoisotopic (exact) mass is 168 g/mol. The Hall–Kier alpha value is -0.730. The normalized spacial score (nSPS) is 41.1. The SMILES string of the molecule is CC1CCC2(CC1)CNC(=O)N2. The Labute approximate surface area is 72.9 Å². The van der Waals surface area contributed by atoms with E-state index in [0.717, 1.165) is 25.3 Å². The molecule has 2 N–H and O–H groups in total. The maximum absolute atomic E-state index is 11.0. The molecule has 1 saturated carbocycles. The minimum Gasteiger partial charge on any atom is -0.336 e. The van der Waals surface area contributed by atoms with Crippen LogP contribution in [0, 0.1) is 5.92 Å². The first-order valence-electron chi connectivity index (χ1n) is 4.76. The summed E-state index contributed by atoms with van der Waals surface area (Å²) in [6, 6.07) is 0.0181. The van der Waals surface area contributed by atoms with E-state index in [1.165, 1.54) is 12.8 Å². The molecule has 3 heteroatoms. The third kappa shape index (κ3) is 1.28. The van der Waals surface area contributed by atoms with Crippen LogP contribution >= 0.6 is 0 Å². The van der Waals surface area contributed by atoms with Gasteiger partial charge in [0.1, 0.15) is 0 Å². The van der Waals surface area contributed by atoms with Crippen LogP contribution in [0.4, 0.5) is 4.79 Å². The van der Waals surface area contributed by atoms with Crippen molar-refractivity contribution in [1.29, 1.82) is 0 Å². The Kier molecular flexibility index (Phi) is 1.74. The van der Waals surface area contributed by atoms with Crippen LogP contribution in [0.3, 0.4) is 0 Å². The van der Waals surface area contributed by atoms with Gasteiger partial charge in [0.05, 0.1) is 5.54 Å². The zero-order valence-corrected chi connectivity index (χ0v) is 7.52. The van der Waals surface area contributed by atoms with Crippen LogP contribution in [0.2, 0.25) is 0 Å². The summed E-state index contributed by atoms with van der Waals surface area (Å²) in [5, 5.41) is 5.88. The predicted molar refractivity (Wildman–Crippen MR) is 46.9 cm³/mol. The fourth-order valence-corrected chi connectivity index (χ4v) is 2.20. The molecule has 1 aliphatic carbocycles. The minimum absolute atomic E-state index is 0.0181. The summed E-state index contributed by atoms with van der Waals surface area (Å²) < 4.78 is 0. The van der Waals surface area contributed by atoms with Crippen LogP contribution in [-0.2, 0) is 0 Å². The number of urea groups is 1. The van der Waals surface area contributed by atoms with E-state index in [0.29, 0.717) is 0 Å². The number of nitrogens with one attached hydrogen (secondary N) is 2. The smallest absolute Gasteiger partial charge is 0.315 e. The van der Waals surface area contributed by atoms with Crippen LogP contribution in [0.1, 0.15) is 32.6 Å². The van der Waals surface area contributed by atoms with E-state index >= 15 is 0 Å². The van der Waals surface area contributed by atoms with Crippen molar-refractivity contribution in [2.45, 2.75) is 38.1 Å². The van der Waals surface area contributed by atoms with Crippen molar-refractivity contribution in [2.24, 2.45) is 5.92 Å². The summed E-state index contributed by atoms with van der Waals surface area (Å²) in [6.07, 6.45) is 4.80. The van der Waals surface area contributed by atoms with Gasteiger partial charge in [0, 0.05) is 6.54 Å². The maximum atomic E-state index is 11.0. The summed E-state index contributed by atoms with van der Waals surface area (Å²) >= 11 is 0. The topological polar surface area (TPSA) is 41.1 Å². The van der Waals surface area contributed by atoms with Crippen molar-refractivity contribution in [1.82, 2.24) is 10.6 Å². The summed E-state index contributed by atoms with van der Waals surface area (Å²) in [4.78, 5) is 11.0. The van der Waals surface area contributed by atoms with Crippen molar-refractivity contribution >= 4 is 6.03 Å². The molecule has 3 nitrogen and oxygen atoms in total. The van der Waals surface area contributed by atoms with Crippen LogP contribution in [0.15, 0.2) is 0 Å². The Morgan fingerprint density at radius 1 is 1.42 bits per heavy atom. The zero-order chi connectivity index (χ0) is 8.60. The average Bonchev–Trinajstić information content (AvgIpc) is 2.40. The highest BCUT2D eigenvalue weighted by molar-refractivity contribution is 5.77. The lowest BCUT2D eigenvalue weighted by molar-refractivity contribution is 0.220. The van der Waals surface area contributed by atoms with E-state index in [-0.39, 0.29) is 11.6 Å². The van der Waals surface area contributed by atoms with E-state index < -0.39 is 0 Å². The highest BCUT2D eigenvalue weighted by atomic mass is 16.2. The molecule has 0 aromatic carbocycles. The van der Waals surface area contributed by atoms with Gasteiger partial charge in [-0.15, -0.1) is 0 Å². The lowest BCUT2D eigenvalue weighted by atomic mass is 9.78. The molecule has 1 saturated heterocycles. The molecule has 2 rings (SSSR count). The fourth-order valence-electron chi connectivity index (χ4n) is 2.20. The molecular weight excluding hydrogens is 152 g/mol. The van der Waals surface area contributed by atoms with Crippen LogP contribution in [0.5, 0.6) is 0 Å². The third-order valence-electron chi connectivity index (χ3n) is 3.20. The second-order valence-electron chi connectivity index (χ2n) is 4.27. The maximum Gasteiger partial charge on any atom is 0.315 e. The van der Waals surface area contributed by atoms with Crippen molar-refractivity contribution in [3.8, 4) is 0 Å². The zero-order valence-electron chi connectivity index (χ0n) is 7.52. The van der Waals surface area contributed by atoms with Crippen molar-refractivity contribution in [3.63, 3.8) is 0 Å². The summed E-state index contributed by atoms with van der Waals surface area (Å²) in [7, 11) is 0. The first-order chi connectivity index (χ1) is 5.70. The average molecular weight is 168 g/mol. The number of rotatable bonds is 0. The molecule has 0 unspecified atom stereocenters. The number of carbonyl (C=O) groups excluding carboxylic acids is 1. The van der Waals surface area contributed by atoms with E-state index in [1.807, 2.05) is 0 Å². The molecule has 1 aliphatic heterocycles. The number of amides is 2. The molecule has 68 valence electrons. The molecule has 1 heterocycles. The molecule has 2 aliphatic rings. The lowest BCUT2D eigenvalue weighted by Gasteiger charge is -2.34. The lowest BCUT2D eigenvalue weighted by Crippen LogP contribution is -2.46. The molecule has 2 fully saturated rings. The molecule has 0 radical (unpaired) electrons. The Balaban J connectivity index is 1.99. The minimum atomic E-state index is 0.0181. The largest absolute Gasteiger partial charge is 0.336 e. The molecular formula is C9H16N2O. The second-order valence-corrected chi connectivity index (χ2v) is 4.27. The predicted octanol–water partition coefficient (Wildman–Crippen LogP) is 1.25. The van der Waals surface area contributed by atoms with Crippen molar-refractivity contribution in [3.05, 3.63) is 0 Å². The summed E-state index contributed by atoms with van der Waals surface area (Å²) in [5.74, 6) is 0.841.